The number of carbonyl (C=O) groups is 1. The first-order valence-corrected chi connectivity index (χ1v) is 9.92. The van der Waals surface area contributed by atoms with Crippen molar-refractivity contribution in [2.45, 2.75) is 27.3 Å². The summed E-state index contributed by atoms with van der Waals surface area (Å²) in [5.74, 6) is -0.959. The number of rotatable bonds is 5. The monoisotopic (exact) mass is 432 g/mol. The Labute approximate surface area is 177 Å². The molecule has 0 fully saturated rings. The fourth-order valence-corrected chi connectivity index (χ4v) is 3.66. The van der Waals surface area contributed by atoms with Crippen LogP contribution in [0.15, 0.2) is 33.9 Å². The molecule has 0 spiro atoms. The molecule has 3 aromatic rings. The van der Waals surface area contributed by atoms with Crippen molar-refractivity contribution in [1.82, 2.24) is 19.0 Å². The predicted octanol–water partition coefficient (Wildman–Crippen LogP) is 2.73. The predicted molar refractivity (Wildman–Crippen MR) is 114 cm³/mol. The average molecular weight is 433 g/mol. The Morgan fingerprint density at radius 2 is 1.90 bits per heavy atom. The van der Waals surface area contributed by atoms with E-state index in [0.717, 1.165) is 4.57 Å². The van der Waals surface area contributed by atoms with E-state index in [1.807, 2.05) is 13.8 Å². The number of aryl methyl sites for hydroxylation is 2. The van der Waals surface area contributed by atoms with Gasteiger partial charge in [-0.15, -0.1) is 0 Å². The van der Waals surface area contributed by atoms with E-state index < -0.39 is 17.1 Å². The SMILES string of the molecule is CCN(CC)C(=O)c1cc(C)nc2c1c(=O)n(Cc1c(F)cccc1Cl)c(=O)n2C. The van der Waals surface area contributed by atoms with Crippen LogP contribution in [-0.4, -0.2) is 38.0 Å². The molecule has 3 rings (SSSR count). The average Bonchev–Trinajstić information content (AvgIpc) is 2.71. The number of halogens is 2. The van der Waals surface area contributed by atoms with E-state index in [-0.39, 0.29) is 39.6 Å². The molecule has 0 aliphatic heterocycles. The third-order valence-electron chi connectivity index (χ3n) is 5.08. The summed E-state index contributed by atoms with van der Waals surface area (Å²) in [7, 11) is 1.46. The smallest absolute Gasteiger partial charge is 0.332 e. The van der Waals surface area contributed by atoms with Gasteiger partial charge in [0.05, 0.1) is 17.5 Å². The summed E-state index contributed by atoms with van der Waals surface area (Å²) in [6, 6.07) is 5.67. The number of hydrogen-bond donors (Lipinski definition) is 0. The number of benzene rings is 1. The summed E-state index contributed by atoms with van der Waals surface area (Å²) in [6.45, 7) is 5.93. The van der Waals surface area contributed by atoms with Crippen LogP contribution in [0.3, 0.4) is 0 Å². The fourth-order valence-electron chi connectivity index (χ4n) is 3.43. The number of aromatic nitrogens is 3. The van der Waals surface area contributed by atoms with Gasteiger partial charge in [0.1, 0.15) is 11.5 Å². The molecule has 1 aromatic carbocycles. The molecule has 0 aliphatic carbocycles. The largest absolute Gasteiger partial charge is 0.339 e. The number of fused-ring (bicyclic) bond motifs is 1. The lowest BCUT2D eigenvalue weighted by Gasteiger charge is -2.20. The minimum Gasteiger partial charge on any atom is -0.339 e. The molecule has 30 heavy (non-hydrogen) atoms. The van der Waals surface area contributed by atoms with Crippen LogP contribution in [0, 0.1) is 12.7 Å². The summed E-state index contributed by atoms with van der Waals surface area (Å²) in [6.07, 6.45) is 0. The molecular formula is C21H22ClFN4O3. The third-order valence-corrected chi connectivity index (χ3v) is 5.44. The molecule has 0 N–H and O–H groups in total. The molecule has 2 heterocycles. The highest BCUT2D eigenvalue weighted by Crippen LogP contribution is 2.20. The highest BCUT2D eigenvalue weighted by Gasteiger charge is 2.23. The maximum Gasteiger partial charge on any atom is 0.332 e. The summed E-state index contributed by atoms with van der Waals surface area (Å²) < 4.78 is 16.4. The van der Waals surface area contributed by atoms with E-state index >= 15 is 0 Å². The van der Waals surface area contributed by atoms with E-state index in [1.165, 1.54) is 35.9 Å². The van der Waals surface area contributed by atoms with Crippen LogP contribution in [0.25, 0.3) is 11.0 Å². The van der Waals surface area contributed by atoms with Crippen molar-refractivity contribution in [3.8, 4) is 0 Å². The first-order chi connectivity index (χ1) is 14.2. The third kappa shape index (κ3) is 3.63. The van der Waals surface area contributed by atoms with Crippen LogP contribution in [0.4, 0.5) is 4.39 Å². The van der Waals surface area contributed by atoms with Crippen molar-refractivity contribution >= 4 is 28.5 Å². The second-order valence-electron chi connectivity index (χ2n) is 6.92. The lowest BCUT2D eigenvalue weighted by Crippen LogP contribution is -2.41. The van der Waals surface area contributed by atoms with Gasteiger partial charge in [-0.25, -0.2) is 14.2 Å². The zero-order valence-electron chi connectivity index (χ0n) is 17.2. The molecule has 0 saturated carbocycles. The van der Waals surface area contributed by atoms with Gasteiger partial charge < -0.3 is 4.90 Å². The number of hydrogen-bond acceptors (Lipinski definition) is 4. The Hall–Kier alpha value is -3.00. The summed E-state index contributed by atoms with van der Waals surface area (Å²) in [5.41, 5.74) is -0.593. The summed E-state index contributed by atoms with van der Waals surface area (Å²) in [4.78, 5) is 45.2. The van der Waals surface area contributed by atoms with Crippen molar-refractivity contribution in [3.63, 3.8) is 0 Å². The lowest BCUT2D eigenvalue weighted by atomic mass is 10.1. The minimum absolute atomic E-state index is 0.0204. The zero-order chi connectivity index (χ0) is 22.2. The fraction of sp³-hybridized carbons (Fsp3) is 0.333. The molecule has 0 unspecified atom stereocenters. The maximum absolute atomic E-state index is 14.3. The first-order valence-electron chi connectivity index (χ1n) is 9.54. The van der Waals surface area contributed by atoms with Gasteiger partial charge in [-0.05, 0) is 39.0 Å². The Kier molecular flexibility index (Phi) is 6.07. The van der Waals surface area contributed by atoms with E-state index in [4.69, 9.17) is 11.6 Å². The number of carbonyl (C=O) groups excluding carboxylic acids is 1. The normalized spacial score (nSPS) is 11.1. The van der Waals surface area contributed by atoms with Crippen LogP contribution < -0.4 is 11.2 Å². The standard InChI is InChI=1S/C21H22ClFN4O3/c1-5-26(6-2)19(28)13-10-12(3)24-18-17(13)20(29)27(21(30)25(18)4)11-14-15(22)8-7-9-16(14)23/h7-10H,5-6,11H2,1-4H3. The molecular weight excluding hydrogens is 411 g/mol. The molecule has 9 heteroatoms. The molecule has 0 bridgehead atoms. The molecule has 7 nitrogen and oxygen atoms in total. The van der Waals surface area contributed by atoms with Crippen molar-refractivity contribution in [3.05, 3.63) is 72.8 Å². The molecule has 0 atom stereocenters. The van der Waals surface area contributed by atoms with Crippen molar-refractivity contribution in [2.24, 2.45) is 7.05 Å². The van der Waals surface area contributed by atoms with Gasteiger partial charge in [-0.1, -0.05) is 17.7 Å². The Balaban J connectivity index is 2.36. The lowest BCUT2D eigenvalue weighted by molar-refractivity contribution is 0.0774. The second-order valence-corrected chi connectivity index (χ2v) is 7.33. The van der Waals surface area contributed by atoms with E-state index in [1.54, 1.807) is 11.8 Å². The first kappa shape index (κ1) is 21.7. The molecule has 1 amide bonds. The van der Waals surface area contributed by atoms with Gasteiger partial charge in [-0.2, -0.15) is 0 Å². The highest BCUT2D eigenvalue weighted by molar-refractivity contribution is 6.31. The summed E-state index contributed by atoms with van der Waals surface area (Å²) >= 11 is 6.09. The Morgan fingerprint density at radius 1 is 1.23 bits per heavy atom. The van der Waals surface area contributed by atoms with Gasteiger partial charge in [0.15, 0.2) is 0 Å². The molecule has 0 aliphatic rings. The number of amides is 1. The van der Waals surface area contributed by atoms with Crippen molar-refractivity contribution in [1.29, 1.82) is 0 Å². The van der Waals surface area contributed by atoms with Gasteiger partial charge in [0.25, 0.3) is 11.5 Å². The van der Waals surface area contributed by atoms with Crippen LogP contribution in [0.2, 0.25) is 5.02 Å². The van der Waals surface area contributed by atoms with E-state index in [0.29, 0.717) is 18.8 Å². The topological polar surface area (TPSA) is 77.2 Å². The Morgan fingerprint density at radius 3 is 2.50 bits per heavy atom. The van der Waals surface area contributed by atoms with E-state index in [9.17, 15) is 18.8 Å². The zero-order valence-corrected chi connectivity index (χ0v) is 18.0. The molecule has 2 aromatic heterocycles. The quantitative estimate of drug-likeness (QED) is 0.621. The summed E-state index contributed by atoms with van der Waals surface area (Å²) in [5, 5.41) is 0.123. The highest BCUT2D eigenvalue weighted by atomic mass is 35.5. The van der Waals surface area contributed by atoms with Crippen LogP contribution in [0.1, 0.15) is 35.5 Å². The van der Waals surface area contributed by atoms with Crippen molar-refractivity contribution in [2.75, 3.05) is 13.1 Å². The minimum atomic E-state index is -0.713. The second kappa shape index (κ2) is 8.39. The maximum atomic E-state index is 14.3. The Bertz CT molecular complexity index is 1240. The van der Waals surface area contributed by atoms with Gasteiger partial charge >= 0.3 is 5.69 Å². The number of pyridine rings is 1. The molecule has 0 saturated heterocycles. The van der Waals surface area contributed by atoms with Crippen LogP contribution in [0.5, 0.6) is 0 Å². The van der Waals surface area contributed by atoms with E-state index in [2.05, 4.69) is 4.98 Å². The van der Waals surface area contributed by atoms with Gasteiger partial charge in [0.2, 0.25) is 0 Å². The number of nitrogens with zero attached hydrogens (tertiary/aromatic N) is 4. The van der Waals surface area contributed by atoms with Crippen molar-refractivity contribution < 1.29 is 9.18 Å². The van der Waals surface area contributed by atoms with Crippen LogP contribution >= 0.6 is 11.6 Å². The molecule has 158 valence electrons. The van der Waals surface area contributed by atoms with Gasteiger partial charge in [0, 0.05) is 36.4 Å². The van der Waals surface area contributed by atoms with Gasteiger partial charge in [-0.3, -0.25) is 18.7 Å². The van der Waals surface area contributed by atoms with Crippen LogP contribution in [-0.2, 0) is 13.6 Å². The molecule has 0 radical (unpaired) electrons.